The normalized spacial score (nSPS) is 15.8. The number of aromatic nitrogens is 4. The highest BCUT2D eigenvalue weighted by molar-refractivity contribution is 6.42. The number of imidazole rings is 1. The molecule has 44 heavy (non-hydrogen) atoms. The minimum Gasteiger partial charge on any atom is -0.454 e. The molecule has 0 spiro atoms. The Bertz CT molecular complexity index is 1670. The summed E-state index contributed by atoms with van der Waals surface area (Å²) < 4.78 is 12.6. The Morgan fingerprint density at radius 2 is 1.84 bits per heavy atom. The van der Waals surface area contributed by atoms with Crippen LogP contribution in [-0.4, -0.2) is 75.2 Å². The van der Waals surface area contributed by atoms with E-state index in [0.29, 0.717) is 54.3 Å². The van der Waals surface area contributed by atoms with Crippen LogP contribution in [0.15, 0.2) is 61.2 Å². The highest BCUT2D eigenvalue weighted by Gasteiger charge is 2.33. The van der Waals surface area contributed by atoms with Gasteiger partial charge in [-0.2, -0.15) is 4.98 Å². The molecular formula is C31H31Cl2N7O4. The molecule has 1 atom stereocenters. The number of nitrogens with one attached hydrogen (secondary N) is 1. The van der Waals surface area contributed by atoms with Crippen LogP contribution in [0, 0.1) is 6.92 Å². The summed E-state index contributed by atoms with van der Waals surface area (Å²) in [5.74, 6) is 2.45. The first-order chi connectivity index (χ1) is 21.3. The third kappa shape index (κ3) is 6.89. The van der Waals surface area contributed by atoms with E-state index in [9.17, 15) is 9.59 Å². The van der Waals surface area contributed by atoms with Gasteiger partial charge in [0.2, 0.25) is 24.6 Å². The highest BCUT2D eigenvalue weighted by Crippen LogP contribution is 2.32. The van der Waals surface area contributed by atoms with Gasteiger partial charge in [0, 0.05) is 56.8 Å². The number of carbonyl (C=O) groups excluding carboxylic acids is 2. The lowest BCUT2D eigenvalue weighted by Gasteiger charge is -2.42. The quantitative estimate of drug-likeness (QED) is 0.293. The van der Waals surface area contributed by atoms with E-state index < -0.39 is 0 Å². The third-order valence-corrected chi connectivity index (χ3v) is 8.36. The van der Waals surface area contributed by atoms with Gasteiger partial charge in [0.1, 0.15) is 12.1 Å². The Balaban J connectivity index is 1.16. The summed E-state index contributed by atoms with van der Waals surface area (Å²) in [6.07, 6.45) is 6.03. The first kappa shape index (κ1) is 29.7. The van der Waals surface area contributed by atoms with Gasteiger partial charge in [-0.05, 0) is 48.7 Å². The first-order valence-electron chi connectivity index (χ1n) is 14.3. The molecule has 2 amide bonds. The smallest absolute Gasteiger partial charge is 0.237 e. The van der Waals surface area contributed by atoms with Crippen molar-refractivity contribution in [2.45, 2.75) is 32.2 Å². The average molecular weight is 637 g/mol. The van der Waals surface area contributed by atoms with Gasteiger partial charge >= 0.3 is 0 Å². The van der Waals surface area contributed by atoms with E-state index in [1.165, 1.54) is 0 Å². The number of nitrogens with zero attached hydrogens (tertiary/aromatic N) is 6. The third-order valence-electron chi connectivity index (χ3n) is 7.62. The molecule has 1 saturated heterocycles. The maximum Gasteiger partial charge on any atom is 0.237 e. The largest absolute Gasteiger partial charge is 0.454 e. The maximum absolute atomic E-state index is 13.6. The molecule has 1 unspecified atom stereocenters. The number of anilines is 1. The van der Waals surface area contributed by atoms with Crippen molar-refractivity contribution in [3.05, 3.63) is 88.1 Å². The van der Waals surface area contributed by atoms with Crippen molar-refractivity contribution in [2.75, 3.05) is 37.9 Å². The van der Waals surface area contributed by atoms with Crippen molar-refractivity contribution in [3.8, 4) is 17.4 Å². The van der Waals surface area contributed by atoms with E-state index in [-0.39, 0.29) is 37.5 Å². The highest BCUT2D eigenvalue weighted by atomic mass is 35.5. The summed E-state index contributed by atoms with van der Waals surface area (Å²) in [5.41, 5.74) is 2.59. The number of halogens is 2. The van der Waals surface area contributed by atoms with Crippen molar-refractivity contribution < 1.29 is 19.1 Å². The molecule has 0 radical (unpaired) electrons. The Morgan fingerprint density at radius 1 is 1.00 bits per heavy atom. The topological polar surface area (TPSA) is 115 Å². The van der Waals surface area contributed by atoms with Gasteiger partial charge < -0.3 is 24.6 Å². The fraction of sp³-hybridized carbons (Fsp3) is 0.323. The predicted octanol–water partition coefficient (Wildman–Crippen LogP) is 4.02. The number of ether oxygens (including phenoxy) is 2. The first-order valence-corrected chi connectivity index (χ1v) is 15.1. The van der Waals surface area contributed by atoms with Crippen molar-refractivity contribution in [1.82, 2.24) is 29.7 Å². The molecule has 2 aromatic carbocycles. The molecule has 4 heterocycles. The number of piperazine rings is 1. The molecular weight excluding hydrogens is 605 g/mol. The molecule has 1 fully saturated rings. The standard InChI is InChI=1S/C31H31Cl2N7O4/c1-20-12-28(37-31(36-20)39-9-8-34-18-39)38-10-11-40(30(42)15-22-2-4-24(32)25(33)13-22)23(17-38)16-29(41)35-7-6-21-3-5-26-27(14-21)44-19-43-26/h2-5,8-9,12-14,18,23H,6-7,10-11,15-17,19H2,1H3,(H,35,41). The van der Waals surface area contributed by atoms with Crippen molar-refractivity contribution >= 4 is 40.8 Å². The number of amides is 2. The van der Waals surface area contributed by atoms with Crippen LogP contribution in [0.25, 0.3) is 5.95 Å². The summed E-state index contributed by atoms with van der Waals surface area (Å²) >= 11 is 12.3. The van der Waals surface area contributed by atoms with Crippen molar-refractivity contribution in [1.29, 1.82) is 0 Å². The predicted molar refractivity (Wildman–Crippen MR) is 166 cm³/mol. The van der Waals surface area contributed by atoms with Gasteiger partial charge in [0.05, 0.1) is 22.5 Å². The number of aryl methyl sites for hydroxylation is 1. The molecule has 1 N–H and O–H groups in total. The number of fused-ring (bicyclic) bond motifs is 1. The fourth-order valence-corrected chi connectivity index (χ4v) is 5.73. The summed E-state index contributed by atoms with van der Waals surface area (Å²) in [4.78, 5) is 44.1. The molecule has 13 heteroatoms. The van der Waals surface area contributed by atoms with Crippen molar-refractivity contribution in [2.24, 2.45) is 0 Å². The van der Waals surface area contributed by atoms with Crippen LogP contribution < -0.4 is 19.7 Å². The van der Waals surface area contributed by atoms with E-state index >= 15 is 0 Å². The van der Waals surface area contributed by atoms with Gasteiger partial charge in [-0.3, -0.25) is 14.2 Å². The molecule has 2 aliphatic rings. The molecule has 6 rings (SSSR count). The zero-order valence-corrected chi connectivity index (χ0v) is 25.6. The second-order valence-electron chi connectivity index (χ2n) is 10.7. The number of carbonyl (C=O) groups is 2. The van der Waals surface area contributed by atoms with Gasteiger partial charge in [0.15, 0.2) is 11.5 Å². The lowest BCUT2D eigenvalue weighted by atomic mass is 10.0. The zero-order chi connectivity index (χ0) is 30.6. The second-order valence-corrected chi connectivity index (χ2v) is 11.6. The Hall–Kier alpha value is -4.35. The van der Waals surface area contributed by atoms with Crippen LogP contribution in [0.1, 0.15) is 23.2 Å². The summed E-state index contributed by atoms with van der Waals surface area (Å²) in [6, 6.07) is 12.5. The molecule has 11 nitrogen and oxygen atoms in total. The minimum atomic E-state index is -0.378. The van der Waals surface area contributed by atoms with Crippen LogP contribution in [-0.2, 0) is 22.4 Å². The summed E-state index contributed by atoms with van der Waals surface area (Å²) in [7, 11) is 0. The lowest BCUT2D eigenvalue weighted by molar-refractivity contribution is -0.134. The second kappa shape index (κ2) is 13.1. The summed E-state index contributed by atoms with van der Waals surface area (Å²) in [5, 5.41) is 3.85. The van der Waals surface area contributed by atoms with E-state index in [2.05, 4.69) is 20.2 Å². The van der Waals surface area contributed by atoms with Gasteiger partial charge in [-0.15, -0.1) is 0 Å². The van der Waals surface area contributed by atoms with Crippen LogP contribution in [0.3, 0.4) is 0 Å². The van der Waals surface area contributed by atoms with Crippen LogP contribution in [0.2, 0.25) is 10.0 Å². The average Bonchev–Trinajstić information content (AvgIpc) is 3.71. The molecule has 2 aliphatic heterocycles. The summed E-state index contributed by atoms with van der Waals surface area (Å²) in [6.45, 7) is 3.99. The van der Waals surface area contributed by atoms with Gasteiger partial charge in [-0.1, -0.05) is 35.3 Å². The van der Waals surface area contributed by atoms with Crippen LogP contribution in [0.5, 0.6) is 11.5 Å². The Labute approximate surface area is 264 Å². The SMILES string of the molecule is Cc1cc(N2CCN(C(=O)Cc3ccc(Cl)c(Cl)c3)C(CC(=O)NCCc3ccc4c(c3)OCO4)C2)nc(-n2ccnc2)n1. The molecule has 0 aliphatic carbocycles. The van der Waals surface area contributed by atoms with Gasteiger partial charge in [0.25, 0.3) is 0 Å². The molecule has 0 bridgehead atoms. The number of hydrogen-bond donors (Lipinski definition) is 1. The van der Waals surface area contributed by atoms with E-state index in [0.717, 1.165) is 28.4 Å². The number of hydrogen-bond acceptors (Lipinski definition) is 8. The Kier molecular flexibility index (Phi) is 8.85. The molecule has 2 aromatic heterocycles. The molecule has 228 valence electrons. The monoisotopic (exact) mass is 635 g/mol. The molecule has 4 aromatic rings. The number of benzene rings is 2. The Morgan fingerprint density at radius 3 is 2.66 bits per heavy atom. The van der Waals surface area contributed by atoms with E-state index in [4.69, 9.17) is 37.7 Å². The maximum atomic E-state index is 13.6. The van der Waals surface area contributed by atoms with Crippen molar-refractivity contribution in [3.63, 3.8) is 0 Å². The van der Waals surface area contributed by atoms with Crippen LogP contribution >= 0.6 is 23.2 Å². The lowest BCUT2D eigenvalue weighted by Crippen LogP contribution is -2.57. The van der Waals surface area contributed by atoms with E-state index in [1.807, 2.05) is 31.2 Å². The van der Waals surface area contributed by atoms with E-state index in [1.54, 1.807) is 46.4 Å². The van der Waals surface area contributed by atoms with Gasteiger partial charge in [-0.25, -0.2) is 9.97 Å². The molecule has 0 saturated carbocycles. The fourth-order valence-electron chi connectivity index (χ4n) is 5.41. The zero-order valence-electron chi connectivity index (χ0n) is 24.1. The number of rotatable bonds is 9. The van der Waals surface area contributed by atoms with Crippen LogP contribution in [0.4, 0.5) is 5.82 Å². The minimum absolute atomic E-state index is 0.0841.